The van der Waals surface area contributed by atoms with Crippen molar-refractivity contribution in [1.82, 2.24) is 16.0 Å². The van der Waals surface area contributed by atoms with Crippen molar-refractivity contribution in [2.45, 2.75) is 154 Å². The van der Waals surface area contributed by atoms with Gasteiger partial charge in [-0.25, -0.2) is 0 Å². The molecule has 0 bridgehead atoms. The Balaban J connectivity index is 5.05. The third-order valence-electron chi connectivity index (χ3n) is 8.70. The number of primary amides is 1. The highest BCUT2D eigenvalue weighted by atomic mass is 16.4. The van der Waals surface area contributed by atoms with E-state index in [9.17, 15) is 39.1 Å². The zero-order valence-electron chi connectivity index (χ0n) is 30.0. The van der Waals surface area contributed by atoms with Crippen LogP contribution in [-0.2, 0) is 24.0 Å². The molecule has 278 valence electrons. The predicted molar refractivity (Wildman–Crippen MR) is 188 cm³/mol. The van der Waals surface area contributed by atoms with Crippen LogP contribution in [0.2, 0.25) is 5.82 Å². The minimum absolute atomic E-state index is 0.156. The zero-order chi connectivity index (χ0) is 36.5. The first-order chi connectivity index (χ1) is 22.7. The van der Waals surface area contributed by atoms with Crippen LogP contribution in [0.5, 0.6) is 0 Å². The highest BCUT2D eigenvalue weighted by Gasteiger charge is 2.33. The summed E-state index contributed by atoms with van der Waals surface area (Å²) in [5.41, 5.74) is 11.0. The number of Topliss-reactive ketones (excluding diaryl/α,β-unsaturated/α-hetero) is 2. The first kappa shape index (κ1) is 45.6. The van der Waals surface area contributed by atoms with Crippen molar-refractivity contribution >= 4 is 36.4 Å². The van der Waals surface area contributed by atoms with Gasteiger partial charge in [0.15, 0.2) is 11.6 Å². The molecule has 0 aromatic rings. The lowest BCUT2D eigenvalue weighted by molar-refractivity contribution is -0.136. The van der Waals surface area contributed by atoms with E-state index in [4.69, 9.17) is 11.5 Å². The first-order valence-corrected chi connectivity index (χ1v) is 18.1. The van der Waals surface area contributed by atoms with E-state index in [1.54, 1.807) is 0 Å². The fraction of sp³-hybridized carbons (Fsp3) is 0.853. The van der Waals surface area contributed by atoms with Gasteiger partial charge in [0.2, 0.25) is 17.7 Å². The van der Waals surface area contributed by atoms with Crippen molar-refractivity contribution in [1.29, 1.82) is 0 Å². The van der Waals surface area contributed by atoms with Gasteiger partial charge in [-0.2, -0.15) is 0 Å². The fourth-order valence-corrected chi connectivity index (χ4v) is 5.50. The molecule has 0 aliphatic carbocycles. The predicted octanol–water partition coefficient (Wildman–Crippen LogP) is 1.89. The van der Waals surface area contributed by atoms with E-state index in [1.807, 2.05) is 0 Å². The van der Waals surface area contributed by atoms with Crippen LogP contribution in [-0.4, -0.2) is 89.4 Å². The molecule has 0 saturated carbocycles. The molecule has 0 aliphatic heterocycles. The SMILES string of the molecule is CCCCCCCCCCNCCC[C@@H](CC(N)=O)C(=O)N[C@H](C(=O)C[C@@H](C)C(=O)N[C@@H](CCCCN)C(=O)C[C@@H](C)B(O)O)[C@@H](C)O. The average molecular weight is 684 g/mol. The third kappa shape index (κ3) is 21.6. The lowest BCUT2D eigenvalue weighted by Gasteiger charge is -2.25. The lowest BCUT2D eigenvalue weighted by atomic mass is 9.71. The molecule has 0 saturated heterocycles. The van der Waals surface area contributed by atoms with Gasteiger partial charge in [-0.3, -0.25) is 24.0 Å². The summed E-state index contributed by atoms with van der Waals surface area (Å²) >= 11 is 0. The first-order valence-electron chi connectivity index (χ1n) is 18.1. The Morgan fingerprint density at radius 2 is 1.31 bits per heavy atom. The molecule has 0 unspecified atom stereocenters. The van der Waals surface area contributed by atoms with Gasteiger partial charge in [-0.05, 0) is 70.9 Å². The number of nitrogens with one attached hydrogen (secondary N) is 3. The molecule has 0 rings (SSSR count). The number of amides is 3. The average Bonchev–Trinajstić information content (AvgIpc) is 3.02. The number of hydrogen-bond donors (Lipinski definition) is 8. The zero-order valence-corrected chi connectivity index (χ0v) is 30.0. The molecule has 6 atom stereocenters. The van der Waals surface area contributed by atoms with E-state index in [-0.39, 0.29) is 25.0 Å². The van der Waals surface area contributed by atoms with Crippen molar-refractivity contribution in [3.63, 3.8) is 0 Å². The maximum Gasteiger partial charge on any atom is 0.454 e. The molecule has 13 nitrogen and oxygen atoms in total. The number of aliphatic hydroxyl groups excluding tert-OH is 1. The molecule has 0 spiro atoms. The summed E-state index contributed by atoms with van der Waals surface area (Å²) in [4.78, 5) is 64.0. The summed E-state index contributed by atoms with van der Waals surface area (Å²) in [7, 11) is -1.68. The molecule has 3 amide bonds. The highest BCUT2D eigenvalue weighted by molar-refractivity contribution is 6.43. The maximum atomic E-state index is 13.2. The van der Waals surface area contributed by atoms with E-state index >= 15 is 0 Å². The van der Waals surface area contributed by atoms with Gasteiger partial charge in [0.05, 0.1) is 12.1 Å². The second kappa shape index (κ2) is 27.4. The van der Waals surface area contributed by atoms with Gasteiger partial charge in [0, 0.05) is 31.1 Å². The number of carbonyl (C=O) groups is 5. The van der Waals surface area contributed by atoms with Crippen LogP contribution in [0.4, 0.5) is 0 Å². The van der Waals surface area contributed by atoms with Crippen molar-refractivity contribution < 1.29 is 39.1 Å². The largest absolute Gasteiger partial charge is 0.454 e. The van der Waals surface area contributed by atoms with Crippen molar-refractivity contribution in [3.05, 3.63) is 0 Å². The Morgan fingerprint density at radius 1 is 0.708 bits per heavy atom. The van der Waals surface area contributed by atoms with Crippen LogP contribution in [0.3, 0.4) is 0 Å². The van der Waals surface area contributed by atoms with Gasteiger partial charge in [-0.1, -0.05) is 65.7 Å². The summed E-state index contributed by atoms with van der Waals surface area (Å²) in [5.74, 6) is -5.11. The number of aliphatic hydroxyl groups is 1. The minimum Gasteiger partial charge on any atom is -0.427 e. The molecule has 10 N–H and O–H groups in total. The Labute approximate surface area is 288 Å². The lowest BCUT2D eigenvalue weighted by Crippen LogP contribution is -2.51. The van der Waals surface area contributed by atoms with E-state index in [2.05, 4.69) is 22.9 Å². The molecule has 0 aromatic carbocycles. The number of nitrogens with two attached hydrogens (primary N) is 2. The van der Waals surface area contributed by atoms with Gasteiger partial charge in [0.25, 0.3) is 0 Å². The molecule has 0 heterocycles. The standard InChI is InChI=1S/C34H66BN5O8/c1-5-6-7-8-9-10-11-14-19-38-20-15-16-27(23-31(37)44)34(46)40-32(26(4)41)30(43)21-24(2)33(45)39-28(17-12-13-18-36)29(42)22-25(3)35(47)48/h24-28,32,38,41,47-48H,5-23,36H2,1-4H3,(H2,37,44)(H,39,45)(H,40,46)/t24-,25-,26-,27+,28+,32+/m1/s1. The maximum absolute atomic E-state index is 13.2. The second-order valence-corrected chi connectivity index (χ2v) is 13.4. The molecule has 0 fully saturated rings. The van der Waals surface area contributed by atoms with Crippen molar-refractivity contribution in [2.75, 3.05) is 19.6 Å². The van der Waals surface area contributed by atoms with Crippen LogP contribution in [0.1, 0.15) is 130 Å². The Kier molecular flexibility index (Phi) is 26.1. The van der Waals surface area contributed by atoms with E-state index in [1.165, 1.54) is 65.7 Å². The molecule has 0 aliphatic rings. The smallest absolute Gasteiger partial charge is 0.427 e. The number of hydrogen-bond acceptors (Lipinski definition) is 10. The van der Waals surface area contributed by atoms with Gasteiger partial charge < -0.3 is 42.6 Å². The number of ketones is 2. The second-order valence-electron chi connectivity index (χ2n) is 13.4. The van der Waals surface area contributed by atoms with Crippen LogP contribution in [0.25, 0.3) is 0 Å². The molecule has 14 heteroatoms. The van der Waals surface area contributed by atoms with E-state index in [0.717, 1.165) is 13.0 Å². The van der Waals surface area contributed by atoms with Gasteiger partial charge in [0.1, 0.15) is 6.04 Å². The highest BCUT2D eigenvalue weighted by Crippen LogP contribution is 2.17. The molecule has 0 aromatic heterocycles. The third-order valence-corrected chi connectivity index (χ3v) is 8.70. The number of unbranched alkanes of at least 4 members (excludes halogenated alkanes) is 8. The summed E-state index contributed by atoms with van der Waals surface area (Å²) < 4.78 is 0. The minimum atomic E-state index is -1.68. The summed E-state index contributed by atoms with van der Waals surface area (Å²) in [5, 5.41) is 37.8. The Morgan fingerprint density at radius 3 is 1.88 bits per heavy atom. The molecular formula is C34H66BN5O8. The summed E-state index contributed by atoms with van der Waals surface area (Å²) in [6.07, 6.45) is 10.4. The number of carbonyl (C=O) groups excluding carboxylic acids is 5. The quantitative estimate of drug-likeness (QED) is 0.0390. The van der Waals surface area contributed by atoms with Crippen LogP contribution < -0.4 is 27.4 Å². The van der Waals surface area contributed by atoms with Crippen molar-refractivity contribution in [3.8, 4) is 0 Å². The summed E-state index contributed by atoms with van der Waals surface area (Å²) in [6.45, 7) is 8.53. The van der Waals surface area contributed by atoms with Crippen molar-refractivity contribution in [2.24, 2.45) is 23.3 Å². The van der Waals surface area contributed by atoms with Crippen LogP contribution in [0.15, 0.2) is 0 Å². The fourth-order valence-electron chi connectivity index (χ4n) is 5.50. The molecule has 0 radical (unpaired) electrons. The normalized spacial score (nSPS) is 15.1. The van der Waals surface area contributed by atoms with E-state index in [0.29, 0.717) is 45.2 Å². The molecule has 48 heavy (non-hydrogen) atoms. The molecular weight excluding hydrogens is 617 g/mol. The monoisotopic (exact) mass is 684 g/mol. The number of rotatable bonds is 31. The van der Waals surface area contributed by atoms with Gasteiger partial charge >= 0.3 is 7.12 Å². The summed E-state index contributed by atoms with van der Waals surface area (Å²) in [6, 6.07) is -2.20. The van der Waals surface area contributed by atoms with Crippen LogP contribution in [0, 0.1) is 11.8 Å². The Hall–Kier alpha value is -2.39. The van der Waals surface area contributed by atoms with Gasteiger partial charge in [-0.15, -0.1) is 0 Å². The van der Waals surface area contributed by atoms with E-state index < -0.39 is 66.5 Å². The Bertz CT molecular complexity index is 939. The van der Waals surface area contributed by atoms with Crippen LogP contribution >= 0.6 is 0 Å². The topological polar surface area (TPSA) is 234 Å².